The number of benzene rings is 2. The van der Waals surface area contributed by atoms with Crippen LogP contribution in [0.3, 0.4) is 0 Å². The molecule has 158 valence electrons. The Bertz CT molecular complexity index is 1100. The minimum absolute atomic E-state index is 0.0261. The number of ether oxygens (including phenoxy) is 2. The molecule has 0 amide bonds. The maximum absolute atomic E-state index is 14.8. The second kappa shape index (κ2) is 9.01. The molecular weight excluding hydrogens is 449 g/mol. The molecule has 0 saturated carbocycles. The molecule has 0 radical (unpaired) electrons. The summed E-state index contributed by atoms with van der Waals surface area (Å²) in [6.07, 6.45) is 3.62. The van der Waals surface area contributed by atoms with Crippen LogP contribution in [0.25, 0.3) is 11.1 Å². The molecule has 30 heavy (non-hydrogen) atoms. The van der Waals surface area contributed by atoms with E-state index in [1.54, 1.807) is 24.4 Å². The van der Waals surface area contributed by atoms with E-state index < -0.39 is 16.9 Å². The molecule has 5 nitrogen and oxygen atoms in total. The number of aryl methyl sites for hydroxylation is 2. The maximum atomic E-state index is 14.8. The maximum Gasteiger partial charge on any atom is 0.278 e. The molecule has 2 heterocycles. The summed E-state index contributed by atoms with van der Waals surface area (Å²) in [5, 5.41) is 0.441. The quantitative estimate of drug-likeness (QED) is 0.449. The molecule has 1 N–H and O–H groups in total. The summed E-state index contributed by atoms with van der Waals surface area (Å²) in [6.45, 7) is 1.93. The number of thiazole rings is 1. The van der Waals surface area contributed by atoms with Gasteiger partial charge in [0, 0.05) is 22.7 Å². The summed E-state index contributed by atoms with van der Waals surface area (Å²) < 4.78 is 46.3. The highest BCUT2D eigenvalue weighted by Gasteiger charge is 2.22. The van der Waals surface area contributed by atoms with Gasteiger partial charge in [-0.15, -0.1) is 0 Å². The van der Waals surface area contributed by atoms with Gasteiger partial charge in [-0.1, -0.05) is 29.0 Å². The molecule has 2 aromatic carbocycles. The van der Waals surface area contributed by atoms with Crippen LogP contribution in [0.5, 0.6) is 16.7 Å². The fraction of sp³-hybridized carbons (Fsp3) is 0.286. The van der Waals surface area contributed by atoms with Crippen molar-refractivity contribution in [2.24, 2.45) is 0 Å². The van der Waals surface area contributed by atoms with Gasteiger partial charge in [0.15, 0.2) is 11.1 Å². The van der Waals surface area contributed by atoms with Crippen LogP contribution in [0.1, 0.15) is 23.3 Å². The zero-order valence-electron chi connectivity index (χ0n) is 16.1. The first kappa shape index (κ1) is 21.2. The van der Waals surface area contributed by atoms with Crippen molar-refractivity contribution in [2.45, 2.75) is 32.3 Å². The van der Waals surface area contributed by atoms with Gasteiger partial charge in [0.1, 0.15) is 23.4 Å². The Labute approximate surface area is 185 Å². The largest absolute Gasteiger partial charge is 0.490 e. The highest BCUT2D eigenvalue weighted by Crippen LogP contribution is 2.38. The van der Waals surface area contributed by atoms with Crippen LogP contribution in [-0.2, 0) is 17.5 Å². The molecule has 0 spiro atoms. The van der Waals surface area contributed by atoms with E-state index in [1.165, 1.54) is 17.4 Å². The molecule has 0 fully saturated rings. The zero-order valence-corrected chi connectivity index (χ0v) is 18.5. The van der Waals surface area contributed by atoms with Crippen molar-refractivity contribution < 1.29 is 22.6 Å². The van der Waals surface area contributed by atoms with E-state index in [-0.39, 0.29) is 16.9 Å². The molecule has 1 aliphatic rings. The van der Waals surface area contributed by atoms with Crippen LogP contribution in [-0.4, -0.2) is 25.6 Å². The molecule has 1 aromatic heterocycles. The van der Waals surface area contributed by atoms with Gasteiger partial charge in [0.05, 0.1) is 10.8 Å². The van der Waals surface area contributed by atoms with Crippen molar-refractivity contribution >= 4 is 34.0 Å². The highest BCUT2D eigenvalue weighted by molar-refractivity contribution is 7.79. The van der Waals surface area contributed by atoms with E-state index in [4.69, 9.17) is 25.6 Å². The van der Waals surface area contributed by atoms with Crippen molar-refractivity contribution in [3.8, 4) is 27.8 Å². The van der Waals surface area contributed by atoms with Gasteiger partial charge in [-0.05, 0) is 55.5 Å². The first-order chi connectivity index (χ1) is 14.4. The molecule has 4 rings (SSSR count). The van der Waals surface area contributed by atoms with Crippen molar-refractivity contribution in [2.75, 3.05) is 5.75 Å². The van der Waals surface area contributed by atoms with Gasteiger partial charge >= 0.3 is 0 Å². The summed E-state index contributed by atoms with van der Waals surface area (Å²) in [5.41, 5.74) is 1.98. The Morgan fingerprint density at radius 3 is 2.97 bits per heavy atom. The smallest absolute Gasteiger partial charge is 0.278 e. The molecule has 9 heteroatoms. The molecule has 1 aliphatic heterocycles. The van der Waals surface area contributed by atoms with Gasteiger partial charge in [0.25, 0.3) is 5.19 Å². The van der Waals surface area contributed by atoms with Crippen molar-refractivity contribution in [3.63, 3.8) is 0 Å². The molecule has 2 unspecified atom stereocenters. The third-order valence-corrected chi connectivity index (χ3v) is 6.47. The Kier molecular flexibility index (Phi) is 6.38. The molecule has 0 saturated heterocycles. The van der Waals surface area contributed by atoms with Crippen LogP contribution in [0.2, 0.25) is 5.02 Å². The van der Waals surface area contributed by atoms with Crippen LogP contribution in [0.4, 0.5) is 4.39 Å². The second-order valence-electron chi connectivity index (χ2n) is 7.02. The van der Waals surface area contributed by atoms with Crippen LogP contribution in [0.15, 0.2) is 36.5 Å². The minimum atomic E-state index is -1.82. The average Bonchev–Trinajstić information content (AvgIpc) is 3.13. The molecule has 0 aliphatic carbocycles. The van der Waals surface area contributed by atoms with Gasteiger partial charge < -0.3 is 14.0 Å². The van der Waals surface area contributed by atoms with Crippen molar-refractivity contribution in [3.05, 3.63) is 57.8 Å². The van der Waals surface area contributed by atoms with Gasteiger partial charge in [-0.25, -0.2) is 13.6 Å². The SMILES string of the molecule is Cc1cnc(Oc2cc(Cl)c(F)c(-c3ccc4c(c3)CCC(CCS(=O)O)O4)c2)s1. The number of halogens is 2. The second-order valence-corrected chi connectivity index (χ2v) is 9.68. The lowest BCUT2D eigenvalue weighted by Crippen LogP contribution is -2.24. The Morgan fingerprint density at radius 2 is 2.23 bits per heavy atom. The molecular formula is C21H19ClFNO4S2. The fourth-order valence-electron chi connectivity index (χ4n) is 3.36. The molecule has 3 aromatic rings. The van der Waals surface area contributed by atoms with Crippen LogP contribution < -0.4 is 9.47 Å². The number of hydrogen-bond donors (Lipinski definition) is 1. The van der Waals surface area contributed by atoms with Crippen LogP contribution >= 0.6 is 22.9 Å². The van der Waals surface area contributed by atoms with E-state index in [9.17, 15) is 8.60 Å². The summed E-state index contributed by atoms with van der Waals surface area (Å²) in [4.78, 5) is 5.18. The summed E-state index contributed by atoms with van der Waals surface area (Å²) in [5.74, 6) is 0.805. The van der Waals surface area contributed by atoms with E-state index >= 15 is 0 Å². The summed E-state index contributed by atoms with van der Waals surface area (Å²) in [6, 6.07) is 8.52. The topological polar surface area (TPSA) is 68.7 Å². The number of aromatic nitrogens is 1. The van der Waals surface area contributed by atoms with E-state index in [1.807, 2.05) is 13.0 Å². The first-order valence-electron chi connectivity index (χ1n) is 9.36. The van der Waals surface area contributed by atoms with E-state index in [2.05, 4.69) is 4.98 Å². The minimum Gasteiger partial charge on any atom is -0.490 e. The Balaban J connectivity index is 1.59. The third kappa shape index (κ3) is 4.83. The monoisotopic (exact) mass is 467 g/mol. The first-order valence-corrected chi connectivity index (χ1v) is 11.8. The normalized spacial score (nSPS) is 16.6. The van der Waals surface area contributed by atoms with Gasteiger partial charge in [0.2, 0.25) is 0 Å². The van der Waals surface area contributed by atoms with Gasteiger partial charge in [-0.3, -0.25) is 0 Å². The predicted octanol–water partition coefficient (Wildman–Crippen LogP) is 6.01. The zero-order chi connectivity index (χ0) is 21.3. The lowest BCUT2D eigenvalue weighted by Gasteiger charge is -2.26. The third-order valence-electron chi connectivity index (χ3n) is 4.82. The Morgan fingerprint density at radius 1 is 1.40 bits per heavy atom. The Hall–Kier alpha value is -2.00. The lowest BCUT2D eigenvalue weighted by atomic mass is 9.96. The summed E-state index contributed by atoms with van der Waals surface area (Å²) in [7, 11) is 0. The predicted molar refractivity (Wildman–Crippen MR) is 117 cm³/mol. The average molecular weight is 468 g/mol. The fourth-order valence-corrected chi connectivity index (χ4v) is 4.66. The standard InChI is InChI=1S/C21H19ClFNO4S2/c1-12-11-24-21(29-12)28-16-9-17(20(23)18(22)10-16)13-3-5-19-14(8-13)2-4-15(27-19)6-7-30(25)26/h3,5,8-11,15H,2,4,6-7H2,1H3,(H,25,26). The van der Waals surface area contributed by atoms with Crippen molar-refractivity contribution in [1.29, 1.82) is 0 Å². The van der Waals surface area contributed by atoms with E-state index in [0.29, 0.717) is 28.5 Å². The summed E-state index contributed by atoms with van der Waals surface area (Å²) >= 11 is 5.69. The van der Waals surface area contributed by atoms with Crippen molar-refractivity contribution in [1.82, 2.24) is 4.98 Å². The number of hydrogen-bond acceptors (Lipinski definition) is 5. The number of fused-ring (bicyclic) bond motifs is 1. The van der Waals surface area contributed by atoms with Gasteiger partial charge in [-0.2, -0.15) is 0 Å². The lowest BCUT2D eigenvalue weighted by molar-refractivity contribution is 0.170. The van der Waals surface area contributed by atoms with E-state index in [0.717, 1.165) is 29.0 Å². The number of rotatable bonds is 6. The van der Waals surface area contributed by atoms with Crippen LogP contribution in [0, 0.1) is 12.7 Å². The highest BCUT2D eigenvalue weighted by atomic mass is 35.5. The molecule has 0 bridgehead atoms. The number of nitrogens with zero attached hydrogens (tertiary/aromatic N) is 1. The molecule has 2 atom stereocenters.